The first kappa shape index (κ1) is 45.9. The van der Waals surface area contributed by atoms with Crippen molar-refractivity contribution in [3.63, 3.8) is 0 Å². The van der Waals surface area contributed by atoms with Gasteiger partial charge in [-0.1, -0.05) is 78.3 Å². The molecular weight excluding hydrogens is 776 g/mol. The molecule has 0 fully saturated rings. The molecule has 0 saturated heterocycles. The maximum atomic E-state index is 10.4. The Bertz CT molecular complexity index is 2180. The van der Waals surface area contributed by atoms with Crippen LogP contribution in [0.5, 0.6) is 17.2 Å². The summed E-state index contributed by atoms with van der Waals surface area (Å²) in [5.74, 6) is 2.30. The number of rotatable bonds is 20. The van der Waals surface area contributed by atoms with E-state index in [-0.39, 0.29) is 13.2 Å². The zero-order chi connectivity index (χ0) is 43.0. The summed E-state index contributed by atoms with van der Waals surface area (Å²) in [6, 6.07) is 35.2. The lowest BCUT2D eigenvalue weighted by Gasteiger charge is -2.21. The van der Waals surface area contributed by atoms with Gasteiger partial charge in [0.05, 0.1) is 31.1 Å². The van der Waals surface area contributed by atoms with Crippen LogP contribution < -0.4 is 14.2 Å². The van der Waals surface area contributed by atoms with Gasteiger partial charge < -0.3 is 24.4 Å². The van der Waals surface area contributed by atoms with Crippen LogP contribution in [-0.2, 0) is 26.2 Å². The first-order chi connectivity index (χ1) is 28.9. The van der Waals surface area contributed by atoms with Crippen LogP contribution in [0.1, 0.15) is 52.0 Å². The van der Waals surface area contributed by atoms with Crippen LogP contribution in [0.3, 0.4) is 0 Å². The van der Waals surface area contributed by atoms with Crippen molar-refractivity contribution in [2.75, 3.05) is 47.0 Å². The lowest BCUT2D eigenvalue weighted by Crippen LogP contribution is -2.33. The summed E-state index contributed by atoms with van der Waals surface area (Å²) < 4.78 is 20.8. The molecule has 2 N–H and O–H groups in total. The Morgan fingerprint density at radius 2 is 1.02 bits per heavy atom. The fourth-order valence-electron chi connectivity index (χ4n) is 6.97. The number of likely N-dealkylation sites (N-methyl/N-ethyl adjacent to an activating group) is 2. The Kier molecular flexibility index (Phi) is 17.6. The molecule has 6 rings (SSSR count). The number of para-hydroxylation sites is 1. The Morgan fingerprint density at radius 3 is 1.52 bits per heavy atom. The molecule has 2 unspecified atom stereocenters. The van der Waals surface area contributed by atoms with Crippen LogP contribution in [0.2, 0.25) is 5.02 Å². The van der Waals surface area contributed by atoms with E-state index in [2.05, 4.69) is 40.5 Å². The number of aryl methyl sites for hydroxylation is 2. The minimum Gasteiger partial charge on any atom is -0.494 e. The lowest BCUT2D eigenvalue weighted by atomic mass is 10.1. The minimum absolute atomic E-state index is 0.240. The molecule has 2 aromatic heterocycles. The zero-order valence-corrected chi connectivity index (χ0v) is 36.8. The number of hydrogen-bond donors (Lipinski definition) is 2. The number of nitrogens with zero attached hydrogens (tertiary/aromatic N) is 6. The van der Waals surface area contributed by atoms with Gasteiger partial charge in [0, 0.05) is 53.7 Å². The molecule has 60 heavy (non-hydrogen) atoms. The van der Waals surface area contributed by atoms with Crippen LogP contribution in [0.4, 0.5) is 0 Å². The molecule has 0 amide bonds. The van der Waals surface area contributed by atoms with Gasteiger partial charge >= 0.3 is 0 Å². The van der Waals surface area contributed by atoms with E-state index in [9.17, 15) is 10.2 Å². The molecular formula is C48H61ClN6O5. The number of aliphatic hydroxyl groups excluding tert-OH is 2. The molecule has 0 saturated carbocycles. The summed E-state index contributed by atoms with van der Waals surface area (Å²) in [6.07, 6.45) is -1.16. The third-order valence-corrected chi connectivity index (χ3v) is 10.5. The van der Waals surface area contributed by atoms with Crippen molar-refractivity contribution in [1.82, 2.24) is 29.4 Å². The normalized spacial score (nSPS) is 12.3. The van der Waals surface area contributed by atoms with E-state index in [0.29, 0.717) is 32.8 Å². The van der Waals surface area contributed by atoms with Crippen molar-refractivity contribution in [3.05, 3.63) is 159 Å². The molecule has 0 bridgehead atoms. The Morgan fingerprint density at radius 1 is 0.583 bits per heavy atom. The number of ether oxygens (including phenoxy) is 3. The zero-order valence-electron chi connectivity index (χ0n) is 36.1. The quantitative estimate of drug-likeness (QED) is 0.0794. The van der Waals surface area contributed by atoms with E-state index in [1.165, 1.54) is 16.7 Å². The highest BCUT2D eigenvalue weighted by Crippen LogP contribution is 2.22. The van der Waals surface area contributed by atoms with Crippen LogP contribution in [0, 0.1) is 27.7 Å². The summed E-state index contributed by atoms with van der Waals surface area (Å²) in [6.45, 7) is 15.2. The highest BCUT2D eigenvalue weighted by molar-refractivity contribution is 6.31. The molecule has 0 radical (unpaired) electrons. The minimum atomic E-state index is -0.587. The second-order valence-corrected chi connectivity index (χ2v) is 15.6. The highest BCUT2D eigenvalue weighted by Gasteiger charge is 2.18. The van der Waals surface area contributed by atoms with Gasteiger partial charge in [0.2, 0.25) is 0 Å². The number of aliphatic hydroxyl groups is 2. The molecule has 0 aliphatic heterocycles. The van der Waals surface area contributed by atoms with Gasteiger partial charge in [-0.05, 0) is 102 Å². The van der Waals surface area contributed by atoms with Crippen LogP contribution >= 0.6 is 11.6 Å². The lowest BCUT2D eigenvalue weighted by molar-refractivity contribution is 0.0741. The summed E-state index contributed by atoms with van der Waals surface area (Å²) in [5.41, 5.74) is 8.96. The van der Waals surface area contributed by atoms with Crippen molar-refractivity contribution in [2.24, 2.45) is 0 Å². The van der Waals surface area contributed by atoms with Gasteiger partial charge in [-0.3, -0.25) is 19.2 Å². The Balaban J connectivity index is 0.000000228. The van der Waals surface area contributed by atoms with E-state index in [0.717, 1.165) is 63.7 Å². The average Bonchev–Trinajstić information content (AvgIpc) is 3.65. The second-order valence-electron chi connectivity index (χ2n) is 15.2. The van der Waals surface area contributed by atoms with Gasteiger partial charge in [0.1, 0.15) is 42.7 Å². The van der Waals surface area contributed by atoms with Crippen LogP contribution in [-0.4, -0.2) is 98.8 Å². The molecule has 2 atom stereocenters. The smallest absolute Gasteiger partial charge is 0.119 e. The first-order valence-corrected chi connectivity index (χ1v) is 20.9. The second kappa shape index (κ2) is 23.0. The summed E-state index contributed by atoms with van der Waals surface area (Å²) >= 11 is 6.30. The molecule has 6 aromatic rings. The predicted molar refractivity (Wildman–Crippen MR) is 239 cm³/mol. The SMILES string of the molecule is CCOc1ccc(OCC(O)CN(C)Cc2c(C)nn(Cc3ccccc3)c2C)cc1.Cc1nn(Cc2ccccc2Cl)c(C)c1CN(C)CC(O)COc1ccccc1. The van der Waals surface area contributed by atoms with Crippen molar-refractivity contribution >= 4 is 11.6 Å². The Hall–Kier alpha value is -5.17. The predicted octanol–water partition coefficient (Wildman–Crippen LogP) is 7.89. The van der Waals surface area contributed by atoms with E-state index in [1.807, 2.05) is 137 Å². The molecule has 12 heteroatoms. The fourth-order valence-corrected chi connectivity index (χ4v) is 7.17. The molecule has 0 spiro atoms. The average molecular weight is 838 g/mol. The van der Waals surface area contributed by atoms with Crippen molar-refractivity contribution in [3.8, 4) is 17.2 Å². The highest BCUT2D eigenvalue weighted by atomic mass is 35.5. The molecule has 320 valence electrons. The van der Waals surface area contributed by atoms with Gasteiger partial charge in [0.25, 0.3) is 0 Å². The van der Waals surface area contributed by atoms with Gasteiger partial charge in [-0.15, -0.1) is 0 Å². The van der Waals surface area contributed by atoms with E-state index in [4.69, 9.17) is 36.0 Å². The van der Waals surface area contributed by atoms with Crippen LogP contribution in [0.15, 0.2) is 109 Å². The van der Waals surface area contributed by atoms with Crippen molar-refractivity contribution in [2.45, 2.75) is 73.0 Å². The van der Waals surface area contributed by atoms with Crippen LogP contribution in [0.25, 0.3) is 0 Å². The molecule has 4 aromatic carbocycles. The van der Waals surface area contributed by atoms with Crippen molar-refractivity contribution < 1.29 is 24.4 Å². The third kappa shape index (κ3) is 14.0. The van der Waals surface area contributed by atoms with E-state index >= 15 is 0 Å². The largest absolute Gasteiger partial charge is 0.494 e. The topological polar surface area (TPSA) is 110 Å². The van der Waals surface area contributed by atoms with Crippen molar-refractivity contribution in [1.29, 1.82) is 0 Å². The summed E-state index contributed by atoms with van der Waals surface area (Å²) in [7, 11) is 4.00. The number of hydrogen-bond acceptors (Lipinski definition) is 9. The maximum absolute atomic E-state index is 10.4. The molecule has 11 nitrogen and oxygen atoms in total. The number of halogens is 1. The van der Waals surface area contributed by atoms with Gasteiger partial charge in [-0.2, -0.15) is 10.2 Å². The molecule has 2 heterocycles. The van der Waals surface area contributed by atoms with Gasteiger partial charge in [0.15, 0.2) is 0 Å². The maximum Gasteiger partial charge on any atom is 0.119 e. The van der Waals surface area contributed by atoms with Gasteiger partial charge in [-0.25, -0.2) is 0 Å². The molecule has 0 aliphatic carbocycles. The van der Waals surface area contributed by atoms with E-state index < -0.39 is 12.2 Å². The monoisotopic (exact) mass is 836 g/mol. The standard InChI is InChI=1S/C25H33N3O3.C23H28ClN3O2/c1-5-30-23-11-13-24(14-12-23)31-18-22(29)16-27(4)17-25-19(2)26-28(20(25)3)15-21-9-7-6-8-10-21;1-17-22(18(2)27(25-17)13-19-9-7-8-12-23(19)24)15-26(3)14-20(28)16-29-21-10-5-4-6-11-21/h6-14,22,29H,5,15-18H2,1-4H3;4-12,20,28H,13-16H2,1-3H3. The molecule has 0 aliphatic rings. The number of benzene rings is 4. The fraction of sp³-hybridized carbons (Fsp3) is 0.375. The number of aromatic nitrogens is 4. The summed E-state index contributed by atoms with van der Waals surface area (Å²) in [4.78, 5) is 4.20. The Labute approximate surface area is 360 Å². The first-order valence-electron chi connectivity index (χ1n) is 20.5. The summed E-state index contributed by atoms with van der Waals surface area (Å²) in [5, 5.41) is 30.9. The van der Waals surface area contributed by atoms with E-state index in [1.54, 1.807) is 0 Å². The third-order valence-electron chi connectivity index (χ3n) is 10.2.